The van der Waals surface area contributed by atoms with Crippen molar-refractivity contribution in [3.05, 3.63) is 63.9 Å². The van der Waals surface area contributed by atoms with E-state index >= 15 is 0 Å². The molecule has 0 spiro atoms. The van der Waals surface area contributed by atoms with Crippen LogP contribution >= 0.6 is 11.3 Å². The van der Waals surface area contributed by atoms with E-state index in [0.29, 0.717) is 4.88 Å². The molecule has 6 heteroatoms. The summed E-state index contributed by atoms with van der Waals surface area (Å²) in [5.74, 6) is -1.82. The number of nitrogens with one attached hydrogen (secondary N) is 1. The second-order valence-corrected chi connectivity index (χ2v) is 5.65. The van der Waals surface area contributed by atoms with Crippen LogP contribution in [0.1, 0.15) is 20.8 Å². The molecule has 118 valence electrons. The van der Waals surface area contributed by atoms with Crippen LogP contribution in [0.5, 0.6) is 0 Å². The molecule has 0 aliphatic rings. The number of hydrogen-bond acceptors (Lipinski definition) is 5. The van der Waals surface area contributed by atoms with E-state index in [9.17, 15) is 14.4 Å². The van der Waals surface area contributed by atoms with E-state index in [4.69, 9.17) is 4.74 Å². The molecule has 0 unspecified atom stereocenters. The van der Waals surface area contributed by atoms with Gasteiger partial charge in [-0.05, 0) is 30.0 Å². The lowest BCUT2D eigenvalue weighted by Gasteiger charge is -2.03. The summed E-state index contributed by atoms with van der Waals surface area (Å²) >= 11 is 1.22. The molecule has 0 saturated carbocycles. The van der Waals surface area contributed by atoms with Crippen LogP contribution in [0.4, 0.5) is 0 Å². The van der Waals surface area contributed by atoms with Gasteiger partial charge < -0.3 is 4.74 Å². The number of carbonyl (C=O) groups is 3. The van der Waals surface area contributed by atoms with Gasteiger partial charge >= 0.3 is 5.97 Å². The van der Waals surface area contributed by atoms with Crippen LogP contribution in [0.15, 0.2) is 47.9 Å². The van der Waals surface area contributed by atoms with Crippen molar-refractivity contribution in [1.29, 1.82) is 0 Å². The molecule has 0 atom stereocenters. The van der Waals surface area contributed by atoms with Gasteiger partial charge in [-0.1, -0.05) is 35.9 Å². The van der Waals surface area contributed by atoms with Gasteiger partial charge in [0.05, 0.1) is 4.88 Å². The first-order valence-electron chi connectivity index (χ1n) is 6.84. The third-order valence-corrected chi connectivity index (χ3v) is 3.70. The summed E-state index contributed by atoms with van der Waals surface area (Å²) in [6, 6.07) is 10.9. The average molecular weight is 329 g/mol. The van der Waals surface area contributed by atoms with Gasteiger partial charge in [0.25, 0.3) is 11.8 Å². The molecular formula is C17H15NO4S. The lowest BCUT2D eigenvalue weighted by molar-refractivity contribution is -0.143. The number of ether oxygens (including phenoxy) is 1. The maximum Gasteiger partial charge on any atom is 0.331 e. The van der Waals surface area contributed by atoms with Gasteiger partial charge in [0.15, 0.2) is 6.61 Å². The van der Waals surface area contributed by atoms with Crippen molar-refractivity contribution in [2.24, 2.45) is 0 Å². The smallest absolute Gasteiger partial charge is 0.331 e. The van der Waals surface area contributed by atoms with Gasteiger partial charge in [0.2, 0.25) is 0 Å². The SMILES string of the molecule is Cc1ccc(/C=C/C(=O)OCC(=O)NC(=O)c2cccs2)cc1. The fourth-order valence-electron chi connectivity index (χ4n) is 1.66. The number of esters is 1. The van der Waals surface area contributed by atoms with Gasteiger partial charge in [-0.3, -0.25) is 14.9 Å². The molecule has 1 aromatic carbocycles. The number of imide groups is 1. The summed E-state index contributed by atoms with van der Waals surface area (Å²) in [5.41, 5.74) is 1.97. The number of benzene rings is 1. The van der Waals surface area contributed by atoms with Crippen molar-refractivity contribution in [2.45, 2.75) is 6.92 Å². The Balaban J connectivity index is 1.76. The largest absolute Gasteiger partial charge is 0.452 e. The maximum absolute atomic E-state index is 11.6. The number of carbonyl (C=O) groups excluding carboxylic acids is 3. The summed E-state index contributed by atoms with van der Waals surface area (Å²) < 4.78 is 4.78. The van der Waals surface area contributed by atoms with Crippen molar-refractivity contribution in [3.63, 3.8) is 0 Å². The van der Waals surface area contributed by atoms with E-state index in [1.165, 1.54) is 17.4 Å². The zero-order valence-electron chi connectivity index (χ0n) is 12.4. The number of aryl methyl sites for hydroxylation is 1. The Bertz CT molecular complexity index is 718. The average Bonchev–Trinajstić information content (AvgIpc) is 3.07. The summed E-state index contributed by atoms with van der Waals surface area (Å²) in [4.78, 5) is 35.1. The van der Waals surface area contributed by atoms with Crippen LogP contribution < -0.4 is 5.32 Å². The molecule has 2 rings (SSSR count). The Labute approximate surface area is 137 Å². The van der Waals surface area contributed by atoms with Crippen LogP contribution in [0.3, 0.4) is 0 Å². The normalized spacial score (nSPS) is 10.5. The molecule has 2 aromatic rings. The molecule has 0 aliphatic carbocycles. The second-order valence-electron chi connectivity index (χ2n) is 4.71. The molecule has 0 bridgehead atoms. The molecule has 2 amide bonds. The maximum atomic E-state index is 11.6. The zero-order chi connectivity index (χ0) is 16.7. The van der Waals surface area contributed by atoms with Gasteiger partial charge in [0, 0.05) is 6.08 Å². The first-order chi connectivity index (χ1) is 11.0. The number of hydrogen-bond donors (Lipinski definition) is 1. The molecular weight excluding hydrogens is 314 g/mol. The van der Waals surface area contributed by atoms with Gasteiger partial charge in [0.1, 0.15) is 0 Å². The lowest BCUT2D eigenvalue weighted by atomic mass is 10.1. The first kappa shape index (κ1) is 16.6. The fraction of sp³-hybridized carbons (Fsp3) is 0.118. The summed E-state index contributed by atoms with van der Waals surface area (Å²) in [7, 11) is 0. The monoisotopic (exact) mass is 329 g/mol. The van der Waals surface area contributed by atoms with Gasteiger partial charge in [-0.25, -0.2) is 4.79 Å². The molecule has 23 heavy (non-hydrogen) atoms. The van der Waals surface area contributed by atoms with Crippen molar-refractivity contribution in [3.8, 4) is 0 Å². The summed E-state index contributed by atoms with van der Waals surface area (Å²) in [6.45, 7) is 1.46. The minimum Gasteiger partial charge on any atom is -0.452 e. The third-order valence-electron chi connectivity index (χ3n) is 2.83. The fourth-order valence-corrected chi connectivity index (χ4v) is 2.28. The highest BCUT2D eigenvalue weighted by Crippen LogP contribution is 2.07. The highest BCUT2D eigenvalue weighted by Gasteiger charge is 2.12. The van der Waals surface area contributed by atoms with Crippen molar-refractivity contribution < 1.29 is 19.1 Å². The third kappa shape index (κ3) is 5.52. The van der Waals surface area contributed by atoms with Crippen molar-refractivity contribution in [2.75, 3.05) is 6.61 Å². The van der Waals surface area contributed by atoms with Crippen molar-refractivity contribution in [1.82, 2.24) is 5.32 Å². The molecule has 1 N–H and O–H groups in total. The van der Waals surface area contributed by atoms with E-state index < -0.39 is 24.4 Å². The van der Waals surface area contributed by atoms with E-state index in [1.807, 2.05) is 31.2 Å². The minimum absolute atomic E-state index is 0.420. The molecule has 0 radical (unpaired) electrons. The number of amides is 2. The van der Waals surface area contributed by atoms with E-state index in [1.54, 1.807) is 23.6 Å². The van der Waals surface area contributed by atoms with Crippen LogP contribution in [0.2, 0.25) is 0 Å². The molecule has 0 saturated heterocycles. The van der Waals surface area contributed by atoms with Gasteiger partial charge in [-0.15, -0.1) is 11.3 Å². The Morgan fingerprint density at radius 2 is 1.91 bits per heavy atom. The predicted molar refractivity (Wildman–Crippen MR) is 88.0 cm³/mol. The molecule has 0 aliphatic heterocycles. The van der Waals surface area contributed by atoms with Crippen molar-refractivity contribution >= 4 is 35.2 Å². The Kier molecular flexibility index (Phi) is 5.82. The van der Waals surface area contributed by atoms with Crippen LogP contribution in [-0.2, 0) is 14.3 Å². The highest BCUT2D eigenvalue weighted by molar-refractivity contribution is 7.12. The topological polar surface area (TPSA) is 72.5 Å². The summed E-state index contributed by atoms with van der Waals surface area (Å²) in [5, 5.41) is 3.88. The summed E-state index contributed by atoms with van der Waals surface area (Å²) in [6.07, 6.45) is 2.83. The quantitative estimate of drug-likeness (QED) is 0.676. The predicted octanol–water partition coefficient (Wildman–Crippen LogP) is 2.57. The molecule has 5 nitrogen and oxygen atoms in total. The minimum atomic E-state index is -0.666. The first-order valence-corrected chi connectivity index (χ1v) is 7.72. The lowest BCUT2D eigenvalue weighted by Crippen LogP contribution is -2.33. The Morgan fingerprint density at radius 1 is 1.17 bits per heavy atom. The number of thiophene rings is 1. The standard InChI is InChI=1S/C17H15NO4S/c1-12-4-6-13(7-5-12)8-9-16(20)22-11-15(19)18-17(21)14-3-2-10-23-14/h2-10H,11H2,1H3,(H,18,19,21)/b9-8+. The van der Waals surface area contributed by atoms with E-state index in [-0.39, 0.29) is 0 Å². The molecule has 0 fully saturated rings. The Hall–Kier alpha value is -2.73. The number of rotatable bonds is 5. The van der Waals surface area contributed by atoms with E-state index in [2.05, 4.69) is 5.32 Å². The second kappa shape index (κ2) is 8.05. The van der Waals surface area contributed by atoms with Crippen LogP contribution in [0, 0.1) is 6.92 Å². The Morgan fingerprint density at radius 3 is 2.57 bits per heavy atom. The van der Waals surface area contributed by atoms with Gasteiger partial charge in [-0.2, -0.15) is 0 Å². The van der Waals surface area contributed by atoms with Crippen LogP contribution in [-0.4, -0.2) is 24.4 Å². The van der Waals surface area contributed by atoms with Crippen LogP contribution in [0.25, 0.3) is 6.08 Å². The highest BCUT2D eigenvalue weighted by atomic mass is 32.1. The van der Waals surface area contributed by atoms with E-state index in [0.717, 1.165) is 11.1 Å². The molecule has 1 heterocycles. The zero-order valence-corrected chi connectivity index (χ0v) is 13.3. The molecule has 1 aromatic heterocycles.